The maximum atomic E-state index is 8.67. The van der Waals surface area contributed by atoms with Crippen molar-refractivity contribution in [1.82, 2.24) is 0 Å². The van der Waals surface area contributed by atoms with E-state index in [0.29, 0.717) is 11.5 Å². The molecule has 1 atom stereocenters. The lowest BCUT2D eigenvalue weighted by atomic mass is 10.0. The van der Waals surface area contributed by atoms with Crippen LogP contribution in [-0.2, 0) is 0 Å². The first kappa shape index (κ1) is 12.3. The minimum atomic E-state index is -0.393. The molecule has 0 saturated carbocycles. The molecule has 0 aliphatic carbocycles. The van der Waals surface area contributed by atoms with E-state index in [1.807, 2.05) is 25.1 Å². The molecule has 0 spiro atoms. The predicted octanol–water partition coefficient (Wildman–Crippen LogP) is 1.93. The summed E-state index contributed by atoms with van der Waals surface area (Å²) in [4.78, 5) is 0. The summed E-state index contributed by atoms with van der Waals surface area (Å²) in [5, 5.41) is 8.67. The van der Waals surface area contributed by atoms with Crippen molar-refractivity contribution in [2.24, 2.45) is 5.73 Å². The van der Waals surface area contributed by atoms with Gasteiger partial charge < -0.3 is 15.2 Å². The van der Waals surface area contributed by atoms with Gasteiger partial charge in [-0.3, -0.25) is 0 Å². The van der Waals surface area contributed by atoms with Crippen LogP contribution < -0.4 is 15.2 Å². The standard InChI is InChI=1S/C12H16N2O2/c1-8-6-10(15-2)12(9(14)4-5-13)11(7-8)16-3/h6-7,9H,4,14H2,1-3H3/t9-/m1/s1. The van der Waals surface area contributed by atoms with Gasteiger partial charge in [-0.25, -0.2) is 0 Å². The number of nitriles is 1. The number of nitrogens with zero attached hydrogens (tertiary/aromatic N) is 1. The molecular formula is C12H16N2O2. The minimum Gasteiger partial charge on any atom is -0.496 e. The third-order valence-corrected chi connectivity index (χ3v) is 2.37. The van der Waals surface area contributed by atoms with Gasteiger partial charge in [0.25, 0.3) is 0 Å². The lowest BCUT2D eigenvalue weighted by Gasteiger charge is -2.17. The van der Waals surface area contributed by atoms with Gasteiger partial charge in [0.2, 0.25) is 0 Å². The molecule has 0 unspecified atom stereocenters. The summed E-state index contributed by atoms with van der Waals surface area (Å²) in [6.45, 7) is 1.95. The second kappa shape index (κ2) is 5.38. The van der Waals surface area contributed by atoms with Crippen molar-refractivity contribution in [3.8, 4) is 17.6 Å². The Bertz CT molecular complexity index is 385. The van der Waals surface area contributed by atoms with Gasteiger partial charge >= 0.3 is 0 Å². The summed E-state index contributed by atoms with van der Waals surface area (Å²) in [7, 11) is 3.16. The van der Waals surface area contributed by atoms with Crippen molar-refractivity contribution in [2.75, 3.05) is 14.2 Å². The van der Waals surface area contributed by atoms with E-state index in [-0.39, 0.29) is 6.42 Å². The predicted molar refractivity (Wildman–Crippen MR) is 61.4 cm³/mol. The molecule has 0 fully saturated rings. The highest BCUT2D eigenvalue weighted by Crippen LogP contribution is 2.35. The zero-order valence-corrected chi connectivity index (χ0v) is 9.78. The summed E-state index contributed by atoms with van der Waals surface area (Å²) >= 11 is 0. The van der Waals surface area contributed by atoms with Crippen molar-refractivity contribution in [3.63, 3.8) is 0 Å². The monoisotopic (exact) mass is 220 g/mol. The molecule has 0 saturated heterocycles. The molecule has 1 aromatic rings. The Labute approximate surface area is 95.6 Å². The van der Waals surface area contributed by atoms with E-state index < -0.39 is 6.04 Å². The second-order valence-corrected chi connectivity index (χ2v) is 3.55. The summed E-state index contributed by atoms with van der Waals surface area (Å²) in [6.07, 6.45) is 0.232. The summed E-state index contributed by atoms with van der Waals surface area (Å²) in [6, 6.07) is 5.42. The van der Waals surface area contributed by atoms with Crippen LogP contribution in [0.3, 0.4) is 0 Å². The molecule has 1 rings (SSSR count). The summed E-state index contributed by atoms with van der Waals surface area (Å²) in [5.41, 5.74) is 7.70. The van der Waals surface area contributed by atoms with Gasteiger partial charge in [-0.15, -0.1) is 0 Å². The van der Waals surface area contributed by atoms with Crippen molar-refractivity contribution in [1.29, 1.82) is 5.26 Å². The molecule has 0 bridgehead atoms. The molecule has 1 aromatic carbocycles. The van der Waals surface area contributed by atoms with Crippen LogP contribution >= 0.6 is 0 Å². The topological polar surface area (TPSA) is 68.3 Å². The van der Waals surface area contributed by atoms with E-state index in [2.05, 4.69) is 0 Å². The molecule has 4 heteroatoms. The highest BCUT2D eigenvalue weighted by atomic mass is 16.5. The maximum absolute atomic E-state index is 8.67. The lowest BCUT2D eigenvalue weighted by molar-refractivity contribution is 0.379. The summed E-state index contributed by atoms with van der Waals surface area (Å²) in [5.74, 6) is 1.33. The third kappa shape index (κ3) is 2.44. The number of benzene rings is 1. The van der Waals surface area contributed by atoms with Gasteiger partial charge in [-0.05, 0) is 24.6 Å². The van der Waals surface area contributed by atoms with E-state index in [9.17, 15) is 0 Å². The van der Waals surface area contributed by atoms with Crippen molar-refractivity contribution in [2.45, 2.75) is 19.4 Å². The highest BCUT2D eigenvalue weighted by molar-refractivity contribution is 5.49. The molecule has 16 heavy (non-hydrogen) atoms. The number of aryl methyl sites for hydroxylation is 1. The van der Waals surface area contributed by atoms with Gasteiger partial charge in [-0.1, -0.05) is 0 Å². The lowest BCUT2D eigenvalue weighted by Crippen LogP contribution is -2.12. The second-order valence-electron chi connectivity index (χ2n) is 3.55. The van der Waals surface area contributed by atoms with E-state index in [0.717, 1.165) is 11.1 Å². The van der Waals surface area contributed by atoms with Crippen molar-refractivity contribution < 1.29 is 9.47 Å². The quantitative estimate of drug-likeness (QED) is 0.841. The van der Waals surface area contributed by atoms with E-state index >= 15 is 0 Å². The molecule has 0 amide bonds. The SMILES string of the molecule is COc1cc(C)cc(OC)c1[C@H](N)CC#N. The highest BCUT2D eigenvalue weighted by Gasteiger charge is 2.18. The Morgan fingerprint density at radius 2 is 1.81 bits per heavy atom. The van der Waals surface area contributed by atoms with Crippen LogP contribution in [-0.4, -0.2) is 14.2 Å². The molecule has 2 N–H and O–H groups in total. The van der Waals surface area contributed by atoms with E-state index in [1.54, 1.807) is 14.2 Å². The first-order valence-corrected chi connectivity index (χ1v) is 4.99. The van der Waals surface area contributed by atoms with Crippen LogP contribution in [0.1, 0.15) is 23.6 Å². The molecule has 0 aliphatic rings. The van der Waals surface area contributed by atoms with Crippen LogP contribution in [0.15, 0.2) is 12.1 Å². The van der Waals surface area contributed by atoms with Crippen LogP contribution in [0.25, 0.3) is 0 Å². The zero-order valence-electron chi connectivity index (χ0n) is 9.78. The number of nitrogens with two attached hydrogens (primary N) is 1. The fourth-order valence-electron chi connectivity index (χ4n) is 1.64. The first-order chi connectivity index (χ1) is 7.63. The third-order valence-electron chi connectivity index (χ3n) is 2.37. The van der Waals surface area contributed by atoms with Crippen LogP contribution in [0, 0.1) is 18.3 Å². The molecule has 0 aromatic heterocycles. The first-order valence-electron chi connectivity index (χ1n) is 4.99. The van der Waals surface area contributed by atoms with Crippen LogP contribution in [0.2, 0.25) is 0 Å². The average Bonchev–Trinajstić information content (AvgIpc) is 2.27. The number of rotatable bonds is 4. The Kier molecular flexibility index (Phi) is 4.15. The molecule has 0 radical (unpaired) electrons. The smallest absolute Gasteiger partial charge is 0.127 e. The Morgan fingerprint density at radius 1 is 1.31 bits per heavy atom. The summed E-state index contributed by atoms with van der Waals surface area (Å²) < 4.78 is 10.5. The maximum Gasteiger partial charge on any atom is 0.127 e. The van der Waals surface area contributed by atoms with E-state index in [4.69, 9.17) is 20.5 Å². The molecule has 4 nitrogen and oxygen atoms in total. The van der Waals surface area contributed by atoms with Gasteiger partial charge in [-0.2, -0.15) is 5.26 Å². The number of hydrogen-bond donors (Lipinski definition) is 1. The number of methoxy groups -OCH3 is 2. The molecule has 0 heterocycles. The largest absolute Gasteiger partial charge is 0.496 e. The van der Waals surface area contributed by atoms with Crippen molar-refractivity contribution in [3.05, 3.63) is 23.3 Å². The fourth-order valence-corrected chi connectivity index (χ4v) is 1.64. The van der Waals surface area contributed by atoms with Gasteiger partial charge in [0.15, 0.2) is 0 Å². The number of hydrogen-bond acceptors (Lipinski definition) is 4. The molecular weight excluding hydrogens is 204 g/mol. The van der Waals surface area contributed by atoms with Crippen LogP contribution in [0.5, 0.6) is 11.5 Å². The molecule has 86 valence electrons. The van der Waals surface area contributed by atoms with Gasteiger partial charge in [0, 0.05) is 0 Å². The normalized spacial score (nSPS) is 11.7. The Balaban J connectivity index is 3.27. The number of ether oxygens (including phenoxy) is 2. The average molecular weight is 220 g/mol. The van der Waals surface area contributed by atoms with Crippen LogP contribution in [0.4, 0.5) is 0 Å². The van der Waals surface area contributed by atoms with Gasteiger partial charge in [0.1, 0.15) is 11.5 Å². The fraction of sp³-hybridized carbons (Fsp3) is 0.417. The molecule has 0 aliphatic heterocycles. The Morgan fingerprint density at radius 3 is 2.19 bits per heavy atom. The van der Waals surface area contributed by atoms with Gasteiger partial charge in [0.05, 0.1) is 38.3 Å². The van der Waals surface area contributed by atoms with Crippen molar-refractivity contribution >= 4 is 0 Å². The zero-order chi connectivity index (χ0) is 12.1. The minimum absolute atomic E-state index is 0.232. The Hall–Kier alpha value is -1.73. The van der Waals surface area contributed by atoms with E-state index in [1.165, 1.54) is 0 Å².